The van der Waals surface area contributed by atoms with E-state index in [-0.39, 0.29) is 12.5 Å². The number of aliphatic hydroxyl groups excluding tert-OH is 1. The van der Waals surface area contributed by atoms with Crippen LogP contribution in [0.5, 0.6) is 5.75 Å². The first-order valence-corrected chi connectivity index (χ1v) is 5.56. The summed E-state index contributed by atoms with van der Waals surface area (Å²) >= 11 is 5.92. The molecule has 1 aromatic rings. The van der Waals surface area contributed by atoms with Crippen molar-refractivity contribution in [3.05, 3.63) is 28.8 Å². The van der Waals surface area contributed by atoms with Crippen molar-refractivity contribution in [3.8, 4) is 5.75 Å². The molecule has 0 bridgehead atoms. The smallest absolute Gasteiger partial charge is 0.219 e. The van der Waals surface area contributed by atoms with Crippen molar-refractivity contribution >= 4 is 17.5 Å². The van der Waals surface area contributed by atoms with Gasteiger partial charge < -0.3 is 14.7 Å². The summed E-state index contributed by atoms with van der Waals surface area (Å²) in [7, 11) is 3.17. The summed E-state index contributed by atoms with van der Waals surface area (Å²) in [6.45, 7) is 1.26. The summed E-state index contributed by atoms with van der Waals surface area (Å²) < 4.78 is 5.21. The Morgan fingerprint density at radius 2 is 2.24 bits per heavy atom. The molecule has 0 aliphatic carbocycles. The zero-order chi connectivity index (χ0) is 13.0. The molecule has 94 valence electrons. The zero-order valence-corrected chi connectivity index (χ0v) is 10.9. The van der Waals surface area contributed by atoms with E-state index in [1.807, 2.05) is 0 Å². The van der Waals surface area contributed by atoms with Crippen molar-refractivity contribution in [2.45, 2.75) is 13.0 Å². The first kappa shape index (κ1) is 13.8. The summed E-state index contributed by atoms with van der Waals surface area (Å²) in [6.07, 6.45) is 0. The van der Waals surface area contributed by atoms with Crippen molar-refractivity contribution in [1.29, 1.82) is 0 Å². The van der Waals surface area contributed by atoms with Crippen LogP contribution in [0, 0.1) is 0 Å². The fourth-order valence-corrected chi connectivity index (χ4v) is 1.80. The average molecular weight is 258 g/mol. The largest absolute Gasteiger partial charge is 0.496 e. The van der Waals surface area contributed by atoms with Crippen LogP contribution >= 0.6 is 11.6 Å². The maximum absolute atomic E-state index is 11.3. The second-order valence-corrected chi connectivity index (χ2v) is 4.15. The second-order valence-electron chi connectivity index (χ2n) is 3.71. The molecule has 0 saturated heterocycles. The Balaban J connectivity index is 3.18. The van der Waals surface area contributed by atoms with Gasteiger partial charge in [0.25, 0.3) is 0 Å². The predicted octanol–water partition coefficient (Wildman–Crippen LogP) is 1.86. The Morgan fingerprint density at radius 3 is 2.71 bits per heavy atom. The highest BCUT2D eigenvalue weighted by Gasteiger charge is 2.22. The normalized spacial score (nSPS) is 12.1. The van der Waals surface area contributed by atoms with E-state index in [4.69, 9.17) is 16.3 Å². The molecule has 1 unspecified atom stereocenters. The Morgan fingerprint density at radius 1 is 1.59 bits per heavy atom. The molecule has 4 nitrogen and oxygen atoms in total. The number of amides is 1. The van der Waals surface area contributed by atoms with Crippen LogP contribution in [0.1, 0.15) is 18.5 Å². The van der Waals surface area contributed by atoms with Crippen molar-refractivity contribution < 1.29 is 14.6 Å². The molecular weight excluding hydrogens is 242 g/mol. The molecule has 0 fully saturated rings. The van der Waals surface area contributed by atoms with Crippen LogP contribution in [0.2, 0.25) is 5.02 Å². The highest BCUT2D eigenvalue weighted by Crippen LogP contribution is 2.31. The van der Waals surface area contributed by atoms with Gasteiger partial charge in [-0.1, -0.05) is 11.6 Å². The van der Waals surface area contributed by atoms with Crippen molar-refractivity contribution in [2.75, 3.05) is 20.8 Å². The number of hydrogen-bond acceptors (Lipinski definition) is 3. The number of ether oxygens (including phenoxy) is 1. The molecule has 17 heavy (non-hydrogen) atoms. The van der Waals surface area contributed by atoms with E-state index in [2.05, 4.69) is 0 Å². The van der Waals surface area contributed by atoms with Crippen LogP contribution in [0.15, 0.2) is 18.2 Å². The summed E-state index contributed by atoms with van der Waals surface area (Å²) in [4.78, 5) is 12.8. The van der Waals surface area contributed by atoms with E-state index < -0.39 is 6.04 Å². The monoisotopic (exact) mass is 257 g/mol. The van der Waals surface area contributed by atoms with Crippen LogP contribution in [-0.2, 0) is 4.79 Å². The topological polar surface area (TPSA) is 49.8 Å². The Hall–Kier alpha value is -1.26. The molecule has 0 aromatic heterocycles. The summed E-state index contributed by atoms with van der Waals surface area (Å²) in [5.74, 6) is 0.465. The SMILES string of the molecule is COc1ccc(Cl)cc1C(CO)N(C)C(C)=O. The standard InChI is InChI=1S/C12H16ClNO3/c1-8(16)14(2)11(7-15)10-6-9(13)4-5-12(10)17-3/h4-6,11,15H,7H2,1-3H3. The summed E-state index contributed by atoms with van der Waals surface area (Å²) in [5, 5.41) is 9.96. The minimum atomic E-state index is -0.457. The molecule has 0 radical (unpaired) electrons. The molecule has 0 spiro atoms. The number of likely N-dealkylation sites (N-methyl/N-ethyl adjacent to an activating group) is 1. The van der Waals surface area contributed by atoms with Crippen LogP contribution < -0.4 is 4.74 Å². The molecule has 1 rings (SSSR count). The number of benzene rings is 1. The number of carbonyl (C=O) groups excluding carboxylic acids is 1. The van der Waals surface area contributed by atoms with Gasteiger partial charge in [-0.2, -0.15) is 0 Å². The van der Waals surface area contributed by atoms with E-state index in [1.165, 1.54) is 18.9 Å². The summed E-state index contributed by atoms with van der Waals surface area (Å²) in [6, 6.07) is 4.65. The Kier molecular flexibility index (Phi) is 4.78. The molecule has 0 aliphatic heterocycles. The fraction of sp³-hybridized carbons (Fsp3) is 0.417. The Labute approximate surface area is 106 Å². The molecule has 0 aliphatic rings. The van der Waals surface area contributed by atoms with Gasteiger partial charge in [-0.3, -0.25) is 4.79 Å². The number of halogens is 1. The lowest BCUT2D eigenvalue weighted by atomic mass is 10.1. The molecular formula is C12H16ClNO3. The lowest BCUT2D eigenvalue weighted by Crippen LogP contribution is -2.31. The lowest BCUT2D eigenvalue weighted by molar-refractivity contribution is -0.130. The number of methoxy groups -OCH3 is 1. The minimum Gasteiger partial charge on any atom is -0.496 e. The maximum atomic E-state index is 11.3. The van der Waals surface area contributed by atoms with E-state index in [0.29, 0.717) is 16.3 Å². The zero-order valence-electron chi connectivity index (χ0n) is 10.1. The van der Waals surface area contributed by atoms with Gasteiger partial charge in [0.05, 0.1) is 19.8 Å². The third kappa shape index (κ3) is 3.11. The number of hydrogen-bond donors (Lipinski definition) is 1. The number of carbonyl (C=O) groups is 1. The van der Waals surface area contributed by atoms with Gasteiger partial charge in [-0.15, -0.1) is 0 Å². The molecule has 1 aromatic carbocycles. The van der Waals surface area contributed by atoms with Gasteiger partial charge in [0.15, 0.2) is 0 Å². The van der Waals surface area contributed by atoms with Gasteiger partial charge in [0.2, 0.25) is 5.91 Å². The van der Waals surface area contributed by atoms with Crippen molar-refractivity contribution in [1.82, 2.24) is 4.90 Å². The molecule has 0 heterocycles. The van der Waals surface area contributed by atoms with Gasteiger partial charge in [-0.05, 0) is 18.2 Å². The Bertz CT molecular complexity index is 409. The van der Waals surface area contributed by atoms with E-state index in [0.717, 1.165) is 0 Å². The first-order valence-electron chi connectivity index (χ1n) is 5.19. The molecule has 1 amide bonds. The van der Waals surface area contributed by atoms with Gasteiger partial charge in [-0.25, -0.2) is 0 Å². The highest BCUT2D eigenvalue weighted by molar-refractivity contribution is 6.30. The van der Waals surface area contributed by atoms with Gasteiger partial charge >= 0.3 is 0 Å². The second kappa shape index (κ2) is 5.89. The van der Waals surface area contributed by atoms with Crippen LogP contribution in [0.25, 0.3) is 0 Å². The van der Waals surface area contributed by atoms with Crippen LogP contribution in [-0.4, -0.2) is 36.7 Å². The summed E-state index contributed by atoms with van der Waals surface area (Å²) in [5.41, 5.74) is 0.695. The maximum Gasteiger partial charge on any atom is 0.219 e. The van der Waals surface area contributed by atoms with Crippen molar-refractivity contribution in [3.63, 3.8) is 0 Å². The quantitative estimate of drug-likeness (QED) is 0.896. The first-order chi connectivity index (χ1) is 8.01. The molecule has 5 heteroatoms. The van der Waals surface area contributed by atoms with Gasteiger partial charge in [0.1, 0.15) is 5.75 Å². The molecule has 1 N–H and O–H groups in total. The third-order valence-electron chi connectivity index (χ3n) is 2.69. The fourth-order valence-electron chi connectivity index (χ4n) is 1.61. The number of rotatable bonds is 4. The van der Waals surface area contributed by atoms with E-state index in [9.17, 15) is 9.90 Å². The molecule has 0 saturated carbocycles. The highest BCUT2D eigenvalue weighted by atomic mass is 35.5. The van der Waals surface area contributed by atoms with Gasteiger partial charge in [0, 0.05) is 24.6 Å². The van der Waals surface area contributed by atoms with E-state index in [1.54, 1.807) is 25.2 Å². The minimum absolute atomic E-state index is 0.133. The van der Waals surface area contributed by atoms with Crippen molar-refractivity contribution in [2.24, 2.45) is 0 Å². The number of aliphatic hydroxyl groups is 1. The van der Waals surface area contributed by atoms with E-state index >= 15 is 0 Å². The third-order valence-corrected chi connectivity index (χ3v) is 2.92. The van der Waals surface area contributed by atoms with Crippen LogP contribution in [0.4, 0.5) is 0 Å². The molecule has 1 atom stereocenters. The van der Waals surface area contributed by atoms with Crippen LogP contribution in [0.3, 0.4) is 0 Å². The number of nitrogens with zero attached hydrogens (tertiary/aromatic N) is 1. The average Bonchev–Trinajstić information content (AvgIpc) is 2.30. The lowest BCUT2D eigenvalue weighted by Gasteiger charge is -2.27. The predicted molar refractivity (Wildman–Crippen MR) is 66.3 cm³/mol.